The quantitative estimate of drug-likeness (QED) is 0.0567. The number of hydrogen-bond acceptors (Lipinski definition) is 11. The van der Waals surface area contributed by atoms with E-state index in [0.29, 0.717) is 130 Å². The van der Waals surface area contributed by atoms with Crippen molar-refractivity contribution in [2.75, 3.05) is 131 Å². The van der Waals surface area contributed by atoms with Crippen molar-refractivity contribution < 1.29 is 52.2 Å². The molecule has 11 nitrogen and oxygen atoms in total. The molecule has 0 amide bonds. The fourth-order valence-electron chi connectivity index (χ4n) is 2.23. The standard InChI is InChI=1S/C24H45ClO11/c1-23(2)24(26)36-22-21-35-20-19-34-18-17-33-16-15-32-14-13-31-12-11-30-10-9-29-8-7-28-6-5-27-4-3-25/h1,3-22H2,2H3. The zero-order valence-electron chi connectivity index (χ0n) is 21.7. The highest BCUT2D eigenvalue weighted by Crippen LogP contribution is 1.92. The third-order valence-electron chi connectivity index (χ3n) is 4.01. The molecule has 0 saturated carbocycles. The molecule has 0 rings (SSSR count). The largest absolute Gasteiger partial charge is 0.460 e. The third-order valence-corrected chi connectivity index (χ3v) is 4.16. The van der Waals surface area contributed by atoms with E-state index in [-0.39, 0.29) is 6.61 Å². The Hall–Kier alpha value is -0.860. The van der Waals surface area contributed by atoms with Crippen LogP contribution in [0.2, 0.25) is 0 Å². The predicted octanol–water partition coefficient (Wildman–Crippen LogP) is 1.49. The zero-order valence-corrected chi connectivity index (χ0v) is 22.5. The van der Waals surface area contributed by atoms with Crippen molar-refractivity contribution in [2.45, 2.75) is 6.92 Å². The Morgan fingerprint density at radius 1 is 0.472 bits per heavy atom. The Kier molecular flexibility index (Phi) is 29.6. The van der Waals surface area contributed by atoms with Crippen LogP contribution in [0.4, 0.5) is 0 Å². The number of rotatable bonds is 30. The maximum absolute atomic E-state index is 11.1. The van der Waals surface area contributed by atoms with Crippen LogP contribution in [-0.2, 0) is 52.2 Å². The van der Waals surface area contributed by atoms with Gasteiger partial charge in [0.2, 0.25) is 0 Å². The Morgan fingerprint density at radius 3 is 0.917 bits per heavy atom. The van der Waals surface area contributed by atoms with Gasteiger partial charge < -0.3 is 47.4 Å². The lowest BCUT2D eigenvalue weighted by Gasteiger charge is -2.09. The zero-order chi connectivity index (χ0) is 26.4. The summed E-state index contributed by atoms with van der Waals surface area (Å²) in [4.78, 5) is 11.1. The number of hydrogen-bond donors (Lipinski definition) is 0. The van der Waals surface area contributed by atoms with Crippen LogP contribution in [0, 0.1) is 0 Å². The number of carbonyl (C=O) groups is 1. The lowest BCUT2D eigenvalue weighted by molar-refractivity contribution is -0.140. The molecular formula is C24H45ClO11. The van der Waals surface area contributed by atoms with Crippen molar-refractivity contribution in [2.24, 2.45) is 0 Å². The lowest BCUT2D eigenvalue weighted by Crippen LogP contribution is -2.15. The fraction of sp³-hybridized carbons (Fsp3) is 0.875. The highest BCUT2D eigenvalue weighted by atomic mass is 35.5. The Morgan fingerprint density at radius 2 is 0.694 bits per heavy atom. The maximum Gasteiger partial charge on any atom is 0.333 e. The van der Waals surface area contributed by atoms with Crippen molar-refractivity contribution >= 4 is 17.6 Å². The van der Waals surface area contributed by atoms with Crippen LogP contribution in [0.3, 0.4) is 0 Å². The first kappa shape index (κ1) is 35.1. The van der Waals surface area contributed by atoms with Gasteiger partial charge in [-0.15, -0.1) is 11.6 Å². The topological polar surface area (TPSA) is 109 Å². The second kappa shape index (κ2) is 30.4. The van der Waals surface area contributed by atoms with Crippen LogP contribution in [0.25, 0.3) is 0 Å². The molecule has 0 saturated heterocycles. The summed E-state index contributed by atoms with van der Waals surface area (Å²) >= 11 is 5.49. The minimum atomic E-state index is -0.411. The van der Waals surface area contributed by atoms with E-state index in [4.69, 9.17) is 59.0 Å². The van der Waals surface area contributed by atoms with Crippen molar-refractivity contribution in [3.63, 3.8) is 0 Å². The molecule has 0 heterocycles. The number of alkyl halides is 1. The van der Waals surface area contributed by atoms with Gasteiger partial charge in [-0.3, -0.25) is 0 Å². The highest BCUT2D eigenvalue weighted by Gasteiger charge is 2.01. The lowest BCUT2D eigenvalue weighted by atomic mass is 10.4. The maximum atomic E-state index is 11.1. The van der Waals surface area contributed by atoms with E-state index in [0.717, 1.165) is 0 Å². The van der Waals surface area contributed by atoms with Crippen LogP contribution in [0.15, 0.2) is 12.2 Å². The monoisotopic (exact) mass is 544 g/mol. The van der Waals surface area contributed by atoms with Gasteiger partial charge in [-0.1, -0.05) is 6.58 Å². The first-order valence-electron chi connectivity index (χ1n) is 12.3. The van der Waals surface area contributed by atoms with Gasteiger partial charge in [-0.25, -0.2) is 4.79 Å². The minimum absolute atomic E-state index is 0.202. The molecule has 0 radical (unpaired) electrons. The van der Waals surface area contributed by atoms with Crippen LogP contribution in [0.1, 0.15) is 6.92 Å². The van der Waals surface area contributed by atoms with Gasteiger partial charge in [0.1, 0.15) is 6.61 Å². The van der Waals surface area contributed by atoms with Crippen molar-refractivity contribution in [3.05, 3.63) is 12.2 Å². The molecule has 0 aromatic heterocycles. The van der Waals surface area contributed by atoms with Crippen LogP contribution >= 0.6 is 11.6 Å². The molecule has 214 valence electrons. The highest BCUT2D eigenvalue weighted by molar-refractivity contribution is 6.17. The van der Waals surface area contributed by atoms with Gasteiger partial charge in [0, 0.05) is 11.5 Å². The van der Waals surface area contributed by atoms with Crippen molar-refractivity contribution in [1.29, 1.82) is 0 Å². The smallest absolute Gasteiger partial charge is 0.333 e. The Labute approximate surface area is 220 Å². The molecule has 0 aromatic carbocycles. The Bertz CT molecular complexity index is 483. The fourth-order valence-corrected chi connectivity index (χ4v) is 2.34. The summed E-state index contributed by atoms with van der Waals surface area (Å²) in [7, 11) is 0. The average Bonchev–Trinajstić information content (AvgIpc) is 2.87. The summed E-state index contributed by atoms with van der Waals surface area (Å²) in [6, 6.07) is 0. The summed E-state index contributed by atoms with van der Waals surface area (Å²) < 4.78 is 53.2. The predicted molar refractivity (Wildman–Crippen MR) is 134 cm³/mol. The van der Waals surface area contributed by atoms with Gasteiger partial charge in [0.05, 0.1) is 119 Å². The number of esters is 1. The van der Waals surface area contributed by atoms with Gasteiger partial charge in [0.15, 0.2) is 0 Å². The first-order chi connectivity index (χ1) is 17.7. The summed E-state index contributed by atoms with van der Waals surface area (Å²) in [5.74, 6) is 0.0842. The molecule has 0 bridgehead atoms. The van der Waals surface area contributed by atoms with E-state index in [1.165, 1.54) is 0 Å². The molecular weight excluding hydrogens is 500 g/mol. The molecule has 0 N–H and O–H groups in total. The van der Waals surface area contributed by atoms with Gasteiger partial charge in [-0.05, 0) is 6.92 Å². The van der Waals surface area contributed by atoms with E-state index < -0.39 is 5.97 Å². The van der Waals surface area contributed by atoms with E-state index in [1.54, 1.807) is 6.92 Å². The first-order valence-corrected chi connectivity index (χ1v) is 12.8. The third kappa shape index (κ3) is 29.4. The molecule has 0 aliphatic carbocycles. The second-order valence-electron chi connectivity index (χ2n) is 7.12. The van der Waals surface area contributed by atoms with Crippen molar-refractivity contribution in [3.8, 4) is 0 Å². The average molecular weight is 545 g/mol. The van der Waals surface area contributed by atoms with E-state index in [2.05, 4.69) is 6.58 Å². The Balaban J connectivity index is 3.05. The molecule has 0 atom stereocenters. The molecule has 0 spiro atoms. The SMILES string of the molecule is C=C(C)C(=O)OCCOCCOCCOCCOCCOCCOCCOCCOCCOCCCl. The van der Waals surface area contributed by atoms with Gasteiger partial charge in [0.25, 0.3) is 0 Å². The summed E-state index contributed by atoms with van der Waals surface area (Å²) in [5.41, 5.74) is 0.371. The number of halogens is 1. The summed E-state index contributed by atoms with van der Waals surface area (Å²) in [5, 5.41) is 0. The molecule has 0 aliphatic heterocycles. The van der Waals surface area contributed by atoms with Gasteiger partial charge >= 0.3 is 5.97 Å². The van der Waals surface area contributed by atoms with Gasteiger partial charge in [-0.2, -0.15) is 0 Å². The molecule has 0 fully saturated rings. The van der Waals surface area contributed by atoms with E-state index in [1.807, 2.05) is 0 Å². The molecule has 0 aliphatic rings. The minimum Gasteiger partial charge on any atom is -0.460 e. The van der Waals surface area contributed by atoms with Crippen LogP contribution in [-0.4, -0.2) is 137 Å². The van der Waals surface area contributed by atoms with E-state index in [9.17, 15) is 4.79 Å². The molecule has 12 heteroatoms. The number of ether oxygens (including phenoxy) is 10. The molecule has 36 heavy (non-hydrogen) atoms. The molecule has 0 aromatic rings. The van der Waals surface area contributed by atoms with E-state index >= 15 is 0 Å². The van der Waals surface area contributed by atoms with Crippen LogP contribution in [0.5, 0.6) is 0 Å². The number of carbonyl (C=O) groups excluding carboxylic acids is 1. The van der Waals surface area contributed by atoms with Crippen LogP contribution < -0.4 is 0 Å². The van der Waals surface area contributed by atoms with Crippen molar-refractivity contribution in [1.82, 2.24) is 0 Å². The summed E-state index contributed by atoms with van der Waals surface area (Å²) in [6.45, 7) is 14.2. The summed E-state index contributed by atoms with van der Waals surface area (Å²) in [6.07, 6.45) is 0. The second-order valence-corrected chi connectivity index (χ2v) is 7.49. The normalized spacial score (nSPS) is 11.2. The molecule has 0 unspecified atom stereocenters.